The zero-order chi connectivity index (χ0) is 31.4. The van der Waals surface area contributed by atoms with Crippen molar-refractivity contribution in [2.45, 2.75) is 57.3 Å². The van der Waals surface area contributed by atoms with Crippen molar-refractivity contribution in [1.29, 1.82) is 0 Å². The number of nitrogens with zero attached hydrogens (tertiary/aromatic N) is 1. The molecule has 0 amide bonds. The van der Waals surface area contributed by atoms with Crippen LogP contribution in [0.5, 0.6) is 0 Å². The third kappa shape index (κ3) is 8.54. The lowest BCUT2D eigenvalue weighted by atomic mass is 10.0. The largest absolute Gasteiger partial charge is 0.405 e. The van der Waals surface area contributed by atoms with E-state index in [2.05, 4.69) is 125 Å². The Balaban J connectivity index is 1.76. The second-order valence-electron chi connectivity index (χ2n) is 12.6. The number of benzene rings is 4. The highest BCUT2D eigenvalue weighted by Gasteiger charge is 2.51. The Bertz CT molecular complexity index is 1310. The minimum Gasteiger partial charge on any atom is -0.405 e. The predicted octanol–water partition coefficient (Wildman–Crippen LogP) is 6.31. The molecule has 0 saturated heterocycles. The van der Waals surface area contributed by atoms with Gasteiger partial charge in [0.05, 0.1) is 32.5 Å². The fourth-order valence-electron chi connectivity index (χ4n) is 5.93. The summed E-state index contributed by atoms with van der Waals surface area (Å²) in [5, 5.41) is 2.32. The predicted molar refractivity (Wildman–Crippen MR) is 183 cm³/mol. The van der Waals surface area contributed by atoms with E-state index in [1.54, 1.807) is 7.11 Å². The van der Waals surface area contributed by atoms with E-state index in [1.807, 2.05) is 36.4 Å². The second kappa shape index (κ2) is 16.3. The summed E-state index contributed by atoms with van der Waals surface area (Å²) in [5.41, 5.74) is 2.22. The molecule has 0 spiro atoms. The molecule has 44 heavy (non-hydrogen) atoms. The van der Waals surface area contributed by atoms with Crippen molar-refractivity contribution >= 4 is 18.7 Å². The fourth-order valence-corrected chi connectivity index (χ4v) is 10.5. The number of methoxy groups -OCH3 is 1. The molecule has 3 atom stereocenters. The molecule has 0 aliphatic heterocycles. The summed E-state index contributed by atoms with van der Waals surface area (Å²) < 4.78 is 26.8. The van der Waals surface area contributed by atoms with Crippen LogP contribution in [0.15, 0.2) is 121 Å². The van der Waals surface area contributed by atoms with Crippen LogP contribution in [0, 0.1) is 0 Å². The molecular weight excluding hydrogens is 563 g/mol. The lowest BCUT2D eigenvalue weighted by Crippen LogP contribution is -2.67. The third-order valence-corrected chi connectivity index (χ3v) is 13.2. The first-order valence-electron chi connectivity index (χ1n) is 15.5. The van der Waals surface area contributed by atoms with E-state index in [0.717, 1.165) is 11.1 Å². The fraction of sp³-hybridized carbons (Fsp3) is 0.368. The lowest BCUT2D eigenvalue weighted by Gasteiger charge is -2.45. The Hall–Kier alpha value is -3.10. The maximum Gasteiger partial charge on any atom is 0.261 e. The molecule has 0 unspecified atom stereocenters. The average molecular weight is 612 g/mol. The molecule has 234 valence electrons. The number of likely N-dealkylation sites (N-methyl/N-ethyl adjacent to an activating group) is 1. The van der Waals surface area contributed by atoms with E-state index in [0.29, 0.717) is 26.4 Å². The zero-order valence-corrected chi connectivity index (χ0v) is 28.2. The minimum absolute atomic E-state index is 0.0627. The first-order valence-corrected chi connectivity index (χ1v) is 17.4. The van der Waals surface area contributed by atoms with Gasteiger partial charge in [0, 0.05) is 7.11 Å². The van der Waals surface area contributed by atoms with Crippen LogP contribution in [-0.2, 0) is 31.9 Å². The van der Waals surface area contributed by atoms with Gasteiger partial charge in [-0.2, -0.15) is 0 Å². The highest BCUT2D eigenvalue weighted by atomic mass is 28.4. The van der Waals surface area contributed by atoms with Crippen LogP contribution in [0.3, 0.4) is 0 Å². The van der Waals surface area contributed by atoms with Crippen molar-refractivity contribution in [1.82, 2.24) is 4.90 Å². The van der Waals surface area contributed by atoms with Crippen LogP contribution in [0.2, 0.25) is 5.04 Å². The van der Waals surface area contributed by atoms with Crippen LogP contribution in [-0.4, -0.2) is 65.9 Å². The molecule has 0 aliphatic rings. The molecule has 4 aromatic carbocycles. The Morgan fingerprint density at radius 3 is 1.45 bits per heavy atom. The molecular formula is C38H49NO4Si. The first kappa shape index (κ1) is 33.8. The molecule has 5 nitrogen and oxygen atoms in total. The summed E-state index contributed by atoms with van der Waals surface area (Å²) in [5.74, 6) is 0. The standard InChI is InChI=1S/C38H49NO4Si/c1-38(2,3)44(33-23-15-9-16-24-33,34-25-17-10-18-26-34)43-30-36(41-27-31-19-11-7-12-20-31)37(35(29-40-6)39(4)5)42-28-32-21-13-8-14-22-32/h7-26,35-37H,27-30H2,1-6H3/t35-,36+,37-/m0/s1. The molecule has 0 bridgehead atoms. The number of rotatable bonds is 16. The minimum atomic E-state index is -2.81. The van der Waals surface area contributed by atoms with E-state index in [9.17, 15) is 0 Å². The first-order chi connectivity index (χ1) is 21.3. The van der Waals surface area contributed by atoms with Crippen molar-refractivity contribution in [3.8, 4) is 0 Å². The van der Waals surface area contributed by atoms with Gasteiger partial charge >= 0.3 is 0 Å². The van der Waals surface area contributed by atoms with Crippen molar-refractivity contribution < 1.29 is 18.6 Å². The summed E-state index contributed by atoms with van der Waals surface area (Å²) >= 11 is 0. The normalized spacial score (nSPS) is 14.3. The van der Waals surface area contributed by atoms with Gasteiger partial charge in [-0.1, -0.05) is 142 Å². The van der Waals surface area contributed by atoms with Gasteiger partial charge in [0.2, 0.25) is 0 Å². The van der Waals surface area contributed by atoms with Gasteiger partial charge in [0.25, 0.3) is 8.32 Å². The number of hydrogen-bond acceptors (Lipinski definition) is 5. The molecule has 0 radical (unpaired) electrons. The molecule has 4 rings (SSSR count). The molecule has 0 fully saturated rings. The maximum atomic E-state index is 7.43. The van der Waals surface area contributed by atoms with Crippen molar-refractivity contribution in [2.75, 3.05) is 34.4 Å². The van der Waals surface area contributed by atoms with E-state index < -0.39 is 8.32 Å². The Morgan fingerprint density at radius 1 is 0.614 bits per heavy atom. The highest BCUT2D eigenvalue weighted by molar-refractivity contribution is 6.99. The van der Waals surface area contributed by atoms with Gasteiger partial charge in [-0.3, -0.25) is 0 Å². The number of ether oxygens (including phenoxy) is 3. The SMILES string of the molecule is COC[C@@H]([C@H](OCc1ccccc1)[C@@H](CO[Si](c1ccccc1)(c1ccccc1)C(C)(C)C)OCc1ccccc1)N(C)C. The van der Waals surface area contributed by atoms with E-state index in [1.165, 1.54) is 10.4 Å². The van der Waals surface area contributed by atoms with Gasteiger partial charge in [-0.25, -0.2) is 0 Å². The van der Waals surface area contributed by atoms with E-state index in [4.69, 9.17) is 18.6 Å². The maximum absolute atomic E-state index is 7.43. The summed E-state index contributed by atoms with van der Waals surface area (Å²) in [6.45, 7) is 8.68. The van der Waals surface area contributed by atoms with Crippen LogP contribution >= 0.6 is 0 Å². The van der Waals surface area contributed by atoms with Crippen LogP contribution in [0.25, 0.3) is 0 Å². The van der Waals surface area contributed by atoms with E-state index in [-0.39, 0.29) is 23.3 Å². The summed E-state index contributed by atoms with van der Waals surface area (Å²) in [4.78, 5) is 2.17. The van der Waals surface area contributed by atoms with Crippen LogP contribution < -0.4 is 10.4 Å². The topological polar surface area (TPSA) is 40.2 Å². The van der Waals surface area contributed by atoms with Gasteiger partial charge in [0.15, 0.2) is 0 Å². The summed E-state index contributed by atoms with van der Waals surface area (Å²) in [7, 11) is 3.06. The van der Waals surface area contributed by atoms with Gasteiger partial charge in [0.1, 0.15) is 12.2 Å². The van der Waals surface area contributed by atoms with Crippen molar-refractivity contribution in [3.05, 3.63) is 132 Å². The molecule has 0 saturated carbocycles. The van der Waals surface area contributed by atoms with Gasteiger partial charge in [-0.15, -0.1) is 0 Å². The second-order valence-corrected chi connectivity index (χ2v) is 16.9. The van der Waals surface area contributed by atoms with E-state index >= 15 is 0 Å². The zero-order valence-electron chi connectivity index (χ0n) is 27.2. The van der Waals surface area contributed by atoms with Gasteiger partial charge in [-0.05, 0) is 40.6 Å². The molecule has 0 heterocycles. The number of hydrogen-bond donors (Lipinski definition) is 0. The summed E-state index contributed by atoms with van der Waals surface area (Å²) in [6.07, 6.45) is -0.699. The Labute approximate surface area is 265 Å². The quantitative estimate of drug-likeness (QED) is 0.139. The molecule has 0 aliphatic carbocycles. The lowest BCUT2D eigenvalue weighted by molar-refractivity contribution is -0.134. The Kier molecular flexibility index (Phi) is 12.5. The smallest absolute Gasteiger partial charge is 0.261 e. The average Bonchev–Trinajstić information content (AvgIpc) is 3.04. The monoisotopic (exact) mass is 611 g/mol. The van der Waals surface area contributed by atoms with Crippen LogP contribution in [0.1, 0.15) is 31.9 Å². The molecule has 6 heteroatoms. The Morgan fingerprint density at radius 2 is 1.05 bits per heavy atom. The van der Waals surface area contributed by atoms with Crippen LogP contribution in [0.4, 0.5) is 0 Å². The highest BCUT2D eigenvalue weighted by Crippen LogP contribution is 2.37. The van der Waals surface area contributed by atoms with Gasteiger partial charge < -0.3 is 23.5 Å². The van der Waals surface area contributed by atoms with Crippen molar-refractivity contribution in [3.63, 3.8) is 0 Å². The van der Waals surface area contributed by atoms with Crippen molar-refractivity contribution in [2.24, 2.45) is 0 Å². The molecule has 0 N–H and O–H groups in total. The molecule has 4 aromatic rings. The summed E-state index contributed by atoms with van der Waals surface area (Å²) in [6, 6.07) is 42.0. The molecule has 0 aromatic heterocycles. The third-order valence-electron chi connectivity index (χ3n) is 8.22.